The Morgan fingerprint density at radius 3 is 0.984 bits per heavy atom. The van der Waals surface area contributed by atoms with Crippen molar-refractivity contribution in [3.63, 3.8) is 0 Å². The van der Waals surface area contributed by atoms with Crippen molar-refractivity contribution in [2.24, 2.45) is 0 Å². The maximum Gasteiger partial charge on any atom is 0.0867 e. The van der Waals surface area contributed by atoms with Crippen molar-refractivity contribution in [2.75, 3.05) is 17.0 Å². The van der Waals surface area contributed by atoms with E-state index in [0.29, 0.717) is 0 Å². The summed E-state index contributed by atoms with van der Waals surface area (Å²) in [5, 5.41) is 9.23. The first-order chi connectivity index (χ1) is 30.9. The van der Waals surface area contributed by atoms with Crippen LogP contribution in [0.3, 0.4) is 0 Å². The van der Waals surface area contributed by atoms with Crippen molar-refractivity contribution in [1.29, 1.82) is 0 Å². The van der Waals surface area contributed by atoms with Crippen LogP contribution in [0.2, 0.25) is 36.3 Å². The average Bonchev–Trinajstić information content (AvgIpc) is 3.34. The summed E-state index contributed by atoms with van der Waals surface area (Å²) in [6.45, 7) is 14.3. The molecule has 0 aliphatic carbocycles. The molecule has 0 heterocycles. The largest absolute Gasteiger partial charge is 0.313 e. The van der Waals surface area contributed by atoms with Crippen LogP contribution >= 0.6 is 39.7 Å². The Balaban J connectivity index is 1.80. The molecule has 0 amide bonds. The zero-order valence-electron chi connectivity index (χ0n) is 40.5. The molecule has 2 unspecified atom stereocenters. The van der Waals surface area contributed by atoms with Gasteiger partial charge in [0.05, 0.1) is 32.3 Å². The Hall–Kier alpha value is -2.11. The van der Waals surface area contributed by atoms with Gasteiger partial charge in [-0.05, 0) is 36.8 Å². The third kappa shape index (κ3) is 13.5. The summed E-state index contributed by atoms with van der Waals surface area (Å²) in [6.07, 6.45) is 20.4. The van der Waals surface area contributed by atoms with E-state index in [1.807, 2.05) is 23.5 Å². The van der Waals surface area contributed by atoms with Gasteiger partial charge in [-0.15, -0.1) is 23.5 Å². The summed E-state index contributed by atoms with van der Waals surface area (Å²) in [6, 6.07) is 59.8. The maximum atomic E-state index is 2.94. The standard InChI is InChI=1S/C56H81NP2S2Si2/c1-9-15-42-62(43-16-10-2,44-17-11-3)51-38-34-49(35-39-51)58(53-30-24-26-32-55(53)60-7)57(48-28-22-21-23-29-48)59(54-31-25-27-33-56(54)61-8)50-36-40-52(41-37-50)63(45-18-12-4,46-19-13-5)47-20-14-6/h21-41H,9-20,42-47H2,1-8H3. The number of anilines is 1. The highest BCUT2D eigenvalue weighted by Gasteiger charge is 2.38. The van der Waals surface area contributed by atoms with Gasteiger partial charge in [-0.2, -0.15) is 0 Å². The first kappa shape index (κ1) is 51.9. The zero-order chi connectivity index (χ0) is 44.9. The fourth-order valence-corrected chi connectivity index (χ4v) is 29.0. The maximum absolute atomic E-state index is 2.94. The Morgan fingerprint density at radius 1 is 0.381 bits per heavy atom. The molecule has 5 aromatic carbocycles. The molecule has 0 bridgehead atoms. The van der Waals surface area contributed by atoms with E-state index in [4.69, 9.17) is 0 Å². The Bertz CT molecular complexity index is 1860. The van der Waals surface area contributed by atoms with E-state index in [0.717, 1.165) is 0 Å². The van der Waals surface area contributed by atoms with Gasteiger partial charge >= 0.3 is 0 Å². The predicted octanol–water partition coefficient (Wildman–Crippen LogP) is 16.1. The Morgan fingerprint density at radius 2 is 0.683 bits per heavy atom. The van der Waals surface area contributed by atoms with E-state index in [9.17, 15) is 0 Å². The molecule has 7 heteroatoms. The van der Waals surface area contributed by atoms with Crippen LogP contribution in [-0.2, 0) is 0 Å². The molecule has 0 radical (unpaired) electrons. The van der Waals surface area contributed by atoms with E-state index in [1.165, 1.54) is 150 Å². The van der Waals surface area contributed by atoms with E-state index < -0.39 is 32.3 Å². The third-order valence-electron chi connectivity index (χ3n) is 13.5. The second-order valence-corrected chi connectivity index (χ2v) is 33.2. The summed E-state index contributed by atoms with van der Waals surface area (Å²) in [5.74, 6) is 0. The molecule has 340 valence electrons. The second kappa shape index (κ2) is 27.5. The van der Waals surface area contributed by atoms with Gasteiger partial charge in [0, 0.05) is 36.7 Å². The minimum atomic E-state index is -1.67. The molecule has 0 fully saturated rings. The highest BCUT2D eigenvalue weighted by Crippen LogP contribution is 2.58. The topological polar surface area (TPSA) is 3.24 Å². The summed E-state index contributed by atoms with van der Waals surface area (Å²) >= 11 is 3.81. The van der Waals surface area contributed by atoms with E-state index in [1.54, 1.807) is 10.4 Å². The van der Waals surface area contributed by atoms with Gasteiger partial charge in [-0.1, -0.05) is 268 Å². The first-order valence-corrected chi connectivity index (χ1v) is 35.1. The number of nitrogens with zero attached hydrogens (tertiary/aromatic N) is 1. The molecule has 5 aromatic rings. The van der Waals surface area contributed by atoms with Gasteiger partial charge < -0.3 is 4.44 Å². The van der Waals surface area contributed by atoms with Gasteiger partial charge in [0.2, 0.25) is 0 Å². The number of benzene rings is 5. The number of thioether (sulfide) groups is 2. The zero-order valence-corrected chi connectivity index (χ0v) is 45.9. The molecule has 0 N–H and O–H groups in total. The van der Waals surface area contributed by atoms with E-state index in [2.05, 4.69) is 186 Å². The molecule has 0 aliphatic heterocycles. The first-order valence-electron chi connectivity index (χ1n) is 24.8. The van der Waals surface area contributed by atoms with Crippen LogP contribution in [0.1, 0.15) is 119 Å². The Kier molecular flexibility index (Phi) is 22.7. The molecule has 63 heavy (non-hydrogen) atoms. The van der Waals surface area contributed by atoms with Crippen molar-refractivity contribution in [1.82, 2.24) is 0 Å². The monoisotopic (exact) mass is 949 g/mol. The van der Waals surface area contributed by atoms with Crippen LogP contribution in [0.4, 0.5) is 5.69 Å². The van der Waals surface area contributed by atoms with Crippen LogP contribution < -0.4 is 36.0 Å². The number of hydrogen-bond donors (Lipinski definition) is 0. The summed E-state index contributed by atoms with van der Waals surface area (Å²) in [4.78, 5) is 2.77. The van der Waals surface area contributed by atoms with Crippen LogP contribution in [0, 0.1) is 0 Å². The molecule has 2 atom stereocenters. The lowest BCUT2D eigenvalue weighted by Gasteiger charge is -2.42. The third-order valence-corrected chi connectivity index (χ3v) is 31.9. The molecule has 0 saturated carbocycles. The lowest BCUT2D eigenvalue weighted by atomic mass is 10.3. The average molecular weight is 951 g/mol. The molecule has 5 rings (SSSR count). The van der Waals surface area contributed by atoms with E-state index in [-0.39, 0.29) is 0 Å². The molecular formula is C56H81NP2S2Si2. The molecule has 0 aliphatic rings. The molecular weight excluding hydrogens is 869 g/mol. The minimum absolute atomic E-state index is 1.00. The van der Waals surface area contributed by atoms with Crippen molar-refractivity contribution >= 4 is 93.1 Å². The fourth-order valence-electron chi connectivity index (χ4n) is 9.81. The summed E-state index contributed by atoms with van der Waals surface area (Å²) < 4.78 is 2.94. The van der Waals surface area contributed by atoms with Crippen LogP contribution in [0.5, 0.6) is 0 Å². The van der Waals surface area contributed by atoms with Crippen LogP contribution in [0.15, 0.2) is 137 Å². The molecule has 0 spiro atoms. The molecule has 0 saturated heterocycles. The van der Waals surface area contributed by atoms with Crippen molar-refractivity contribution < 1.29 is 0 Å². The van der Waals surface area contributed by atoms with Crippen LogP contribution in [0.25, 0.3) is 0 Å². The predicted molar refractivity (Wildman–Crippen MR) is 300 cm³/mol. The van der Waals surface area contributed by atoms with Gasteiger partial charge in [-0.25, -0.2) is 0 Å². The van der Waals surface area contributed by atoms with Gasteiger partial charge in [-0.3, -0.25) is 0 Å². The minimum Gasteiger partial charge on any atom is -0.313 e. The summed E-state index contributed by atoms with van der Waals surface area (Å²) in [7, 11) is -5.35. The highest BCUT2D eigenvalue weighted by molar-refractivity contribution is 8.00. The van der Waals surface area contributed by atoms with Crippen LogP contribution in [-0.4, -0.2) is 28.7 Å². The van der Waals surface area contributed by atoms with Gasteiger partial charge in [0.1, 0.15) is 0 Å². The molecule has 1 nitrogen and oxygen atoms in total. The number of unbranched alkanes of at least 4 members (excludes halogenated alkanes) is 6. The van der Waals surface area contributed by atoms with E-state index >= 15 is 0 Å². The van der Waals surface area contributed by atoms with Crippen molar-refractivity contribution in [3.05, 3.63) is 127 Å². The summed E-state index contributed by atoms with van der Waals surface area (Å²) in [5.41, 5.74) is 1.31. The smallest absolute Gasteiger partial charge is 0.0867 e. The van der Waals surface area contributed by atoms with Gasteiger partial charge in [0.15, 0.2) is 0 Å². The normalized spacial score (nSPS) is 13.0. The number of para-hydroxylation sites is 1. The Labute approximate surface area is 399 Å². The number of hydrogen-bond acceptors (Lipinski definition) is 3. The second-order valence-electron chi connectivity index (χ2n) is 17.9. The van der Waals surface area contributed by atoms with Gasteiger partial charge in [0.25, 0.3) is 0 Å². The molecule has 0 aromatic heterocycles. The van der Waals surface area contributed by atoms with Crippen molar-refractivity contribution in [3.8, 4) is 0 Å². The van der Waals surface area contributed by atoms with Crippen molar-refractivity contribution in [2.45, 2.75) is 165 Å². The highest BCUT2D eigenvalue weighted by atomic mass is 32.2. The lowest BCUT2D eigenvalue weighted by Crippen LogP contribution is -2.48. The quantitative estimate of drug-likeness (QED) is 0.0267. The number of rotatable bonds is 29. The SMILES string of the molecule is CCCC[Si](CCCC)(CCCC)c1ccc(P(c2ccccc2SC)N(c2ccccc2)P(c2ccc([Si](CCCC)(CCCC)CCCC)cc2)c2ccccc2SC)cc1. The fraction of sp³-hybridized carbons (Fsp3) is 0.464. The lowest BCUT2D eigenvalue weighted by molar-refractivity contribution is 0.800.